The molecule has 1 aromatic heterocycles. The first-order valence-electron chi connectivity index (χ1n) is 4.21. The van der Waals surface area contributed by atoms with E-state index in [0.29, 0.717) is 16.3 Å². The van der Waals surface area contributed by atoms with Gasteiger partial charge in [-0.1, -0.05) is 41.9 Å². The number of nitrogens with one attached hydrogen (secondary N) is 1. The Morgan fingerprint density at radius 2 is 1.86 bits per heavy atom. The predicted octanol–water partition coefficient (Wildman–Crippen LogP) is 2.90. The first-order chi connectivity index (χ1) is 6.77. The van der Waals surface area contributed by atoms with Crippen LogP contribution in [0, 0.1) is 0 Å². The second kappa shape index (κ2) is 3.68. The molecule has 1 N–H and O–H groups in total. The maximum atomic E-state index is 11.8. The van der Waals surface area contributed by atoms with E-state index in [0.717, 1.165) is 0 Å². The lowest BCUT2D eigenvalue weighted by Gasteiger charge is -1.95. The van der Waals surface area contributed by atoms with Gasteiger partial charge in [-0.2, -0.15) is 0 Å². The molecule has 1 heterocycles. The summed E-state index contributed by atoms with van der Waals surface area (Å²) in [5.74, 6) is -0.0197. The molecule has 0 saturated carbocycles. The van der Waals surface area contributed by atoms with Gasteiger partial charge >= 0.3 is 0 Å². The number of carbonyl (C=O) groups excluding carboxylic acids is 1. The van der Waals surface area contributed by atoms with Crippen molar-refractivity contribution in [3.8, 4) is 0 Å². The van der Waals surface area contributed by atoms with Crippen molar-refractivity contribution in [1.29, 1.82) is 0 Å². The number of aromatic amines is 1. The Hall–Kier alpha value is -1.54. The number of benzene rings is 1. The molecular weight excluding hydrogens is 198 g/mol. The van der Waals surface area contributed by atoms with Gasteiger partial charge in [0.05, 0.1) is 0 Å². The molecule has 0 unspecified atom stereocenters. The molecule has 2 nitrogen and oxygen atoms in total. The molecule has 2 rings (SSSR count). The highest BCUT2D eigenvalue weighted by Gasteiger charge is 2.09. The average molecular weight is 206 g/mol. The summed E-state index contributed by atoms with van der Waals surface area (Å²) in [6.45, 7) is 0. The van der Waals surface area contributed by atoms with Crippen molar-refractivity contribution in [3.63, 3.8) is 0 Å². The normalized spacial score (nSPS) is 10.1. The first-order valence-corrected chi connectivity index (χ1v) is 4.59. The SMILES string of the molecule is O=C(c1ccccc1)c1c[nH]c(Cl)c1. The van der Waals surface area contributed by atoms with E-state index in [9.17, 15) is 4.79 Å². The van der Waals surface area contributed by atoms with E-state index in [-0.39, 0.29) is 5.78 Å². The molecule has 0 radical (unpaired) electrons. The standard InChI is InChI=1S/C11H8ClNO/c12-10-6-9(7-13-10)11(14)8-4-2-1-3-5-8/h1-7,13H. The Kier molecular flexibility index (Phi) is 2.37. The lowest BCUT2D eigenvalue weighted by atomic mass is 10.1. The van der Waals surface area contributed by atoms with Gasteiger partial charge in [-0.05, 0) is 6.07 Å². The molecule has 0 saturated heterocycles. The Balaban J connectivity index is 2.34. The van der Waals surface area contributed by atoms with Crippen LogP contribution < -0.4 is 0 Å². The van der Waals surface area contributed by atoms with Crippen LogP contribution in [0.5, 0.6) is 0 Å². The summed E-state index contributed by atoms with van der Waals surface area (Å²) >= 11 is 5.68. The maximum Gasteiger partial charge on any atom is 0.194 e. The van der Waals surface area contributed by atoms with Gasteiger partial charge in [0.1, 0.15) is 5.15 Å². The predicted molar refractivity (Wildman–Crippen MR) is 55.7 cm³/mol. The van der Waals surface area contributed by atoms with Crippen molar-refractivity contribution in [3.05, 3.63) is 58.9 Å². The molecule has 0 atom stereocenters. The van der Waals surface area contributed by atoms with Crippen LogP contribution in [0.1, 0.15) is 15.9 Å². The molecule has 0 fully saturated rings. The summed E-state index contributed by atoms with van der Waals surface area (Å²) in [7, 11) is 0. The summed E-state index contributed by atoms with van der Waals surface area (Å²) in [5.41, 5.74) is 1.25. The number of ketones is 1. The summed E-state index contributed by atoms with van der Waals surface area (Å²) in [5, 5.41) is 0.476. The van der Waals surface area contributed by atoms with Gasteiger partial charge in [0, 0.05) is 17.3 Å². The number of hydrogen-bond acceptors (Lipinski definition) is 1. The molecule has 1 aromatic carbocycles. The highest BCUT2D eigenvalue weighted by Crippen LogP contribution is 2.13. The molecule has 2 aromatic rings. The number of hydrogen-bond donors (Lipinski definition) is 1. The number of H-pyrrole nitrogens is 1. The maximum absolute atomic E-state index is 11.8. The van der Waals surface area contributed by atoms with Crippen LogP contribution in [0.2, 0.25) is 5.15 Å². The Morgan fingerprint density at radius 3 is 2.43 bits per heavy atom. The Bertz CT molecular complexity index is 447. The van der Waals surface area contributed by atoms with Crippen LogP contribution in [0.3, 0.4) is 0 Å². The topological polar surface area (TPSA) is 32.9 Å². The third-order valence-electron chi connectivity index (χ3n) is 1.95. The summed E-state index contributed by atoms with van der Waals surface area (Å²) in [6, 6.07) is 10.7. The third kappa shape index (κ3) is 1.70. The number of rotatable bonds is 2. The third-order valence-corrected chi connectivity index (χ3v) is 2.16. The Labute approximate surface area is 86.5 Å². The number of halogens is 1. The molecule has 3 heteroatoms. The minimum atomic E-state index is -0.0197. The van der Waals surface area contributed by atoms with Crippen LogP contribution in [-0.4, -0.2) is 10.8 Å². The monoisotopic (exact) mass is 205 g/mol. The lowest BCUT2D eigenvalue weighted by Crippen LogP contribution is -1.98. The molecular formula is C11H8ClNO. The van der Waals surface area contributed by atoms with Crippen LogP contribution in [0.25, 0.3) is 0 Å². The zero-order valence-electron chi connectivity index (χ0n) is 7.33. The Morgan fingerprint density at radius 1 is 1.14 bits per heavy atom. The fourth-order valence-corrected chi connectivity index (χ4v) is 1.43. The van der Waals surface area contributed by atoms with E-state index in [4.69, 9.17) is 11.6 Å². The average Bonchev–Trinajstić information content (AvgIpc) is 2.65. The largest absolute Gasteiger partial charge is 0.352 e. The summed E-state index contributed by atoms with van der Waals surface area (Å²) in [4.78, 5) is 14.5. The van der Waals surface area contributed by atoms with Gasteiger partial charge < -0.3 is 4.98 Å². The smallest absolute Gasteiger partial charge is 0.194 e. The first kappa shape index (κ1) is 9.03. The molecule has 0 aliphatic rings. The van der Waals surface area contributed by atoms with Crippen molar-refractivity contribution < 1.29 is 4.79 Å². The minimum Gasteiger partial charge on any atom is -0.352 e. The van der Waals surface area contributed by atoms with E-state index >= 15 is 0 Å². The van der Waals surface area contributed by atoms with Gasteiger partial charge in [0.2, 0.25) is 0 Å². The summed E-state index contributed by atoms with van der Waals surface area (Å²) < 4.78 is 0. The van der Waals surface area contributed by atoms with Crippen LogP contribution >= 0.6 is 11.6 Å². The van der Waals surface area contributed by atoms with Crippen molar-refractivity contribution in [2.24, 2.45) is 0 Å². The minimum absolute atomic E-state index is 0.0197. The fraction of sp³-hybridized carbons (Fsp3) is 0. The highest BCUT2D eigenvalue weighted by atomic mass is 35.5. The molecule has 0 amide bonds. The van der Waals surface area contributed by atoms with E-state index < -0.39 is 0 Å². The van der Waals surface area contributed by atoms with Crippen molar-refractivity contribution in [2.45, 2.75) is 0 Å². The van der Waals surface area contributed by atoms with Gasteiger partial charge in [-0.3, -0.25) is 4.79 Å². The van der Waals surface area contributed by atoms with Gasteiger partial charge in [0.15, 0.2) is 5.78 Å². The van der Waals surface area contributed by atoms with Crippen molar-refractivity contribution >= 4 is 17.4 Å². The van der Waals surface area contributed by atoms with Gasteiger partial charge in [0.25, 0.3) is 0 Å². The highest BCUT2D eigenvalue weighted by molar-refractivity contribution is 6.30. The van der Waals surface area contributed by atoms with E-state index in [2.05, 4.69) is 4.98 Å². The van der Waals surface area contributed by atoms with Crippen LogP contribution in [-0.2, 0) is 0 Å². The van der Waals surface area contributed by atoms with Crippen LogP contribution in [0.15, 0.2) is 42.6 Å². The summed E-state index contributed by atoms with van der Waals surface area (Å²) in [6.07, 6.45) is 1.61. The van der Waals surface area contributed by atoms with E-state index in [1.54, 1.807) is 24.4 Å². The zero-order valence-corrected chi connectivity index (χ0v) is 8.08. The molecule has 70 valence electrons. The van der Waals surface area contributed by atoms with Crippen molar-refractivity contribution in [2.75, 3.05) is 0 Å². The van der Waals surface area contributed by atoms with E-state index in [1.165, 1.54) is 0 Å². The zero-order chi connectivity index (χ0) is 9.97. The lowest BCUT2D eigenvalue weighted by molar-refractivity contribution is 0.103. The quantitative estimate of drug-likeness (QED) is 0.752. The number of carbonyl (C=O) groups is 1. The van der Waals surface area contributed by atoms with Crippen molar-refractivity contribution in [1.82, 2.24) is 4.98 Å². The van der Waals surface area contributed by atoms with Crippen LogP contribution in [0.4, 0.5) is 0 Å². The van der Waals surface area contributed by atoms with E-state index in [1.807, 2.05) is 18.2 Å². The molecule has 14 heavy (non-hydrogen) atoms. The van der Waals surface area contributed by atoms with Gasteiger partial charge in [-0.25, -0.2) is 0 Å². The fourth-order valence-electron chi connectivity index (χ4n) is 1.25. The second-order valence-electron chi connectivity index (χ2n) is 2.93. The molecule has 0 spiro atoms. The molecule has 0 aliphatic carbocycles. The second-order valence-corrected chi connectivity index (χ2v) is 3.34. The molecule has 0 bridgehead atoms. The number of aromatic nitrogens is 1. The molecule has 0 aliphatic heterocycles. The van der Waals surface area contributed by atoms with Gasteiger partial charge in [-0.15, -0.1) is 0 Å².